The quantitative estimate of drug-likeness (QED) is 0.155. The fourth-order valence-electron chi connectivity index (χ4n) is 8.12. The minimum absolute atomic E-state index is 0.0736. The van der Waals surface area contributed by atoms with Crippen LogP contribution in [0.5, 0.6) is 0 Å². The maximum absolute atomic E-state index is 14.3. The number of carbonyl (C=O) groups excluding carboxylic acids is 1. The van der Waals surface area contributed by atoms with Gasteiger partial charge in [-0.05, 0) is 77.4 Å². The Morgan fingerprint density at radius 1 is 0.706 bits per heavy atom. The van der Waals surface area contributed by atoms with Crippen molar-refractivity contribution in [2.75, 3.05) is 39.4 Å². The zero-order valence-electron chi connectivity index (χ0n) is 28.7. The number of hydrogen-bond acceptors (Lipinski definition) is 6. The van der Waals surface area contributed by atoms with Crippen molar-refractivity contribution in [2.24, 2.45) is 0 Å². The lowest BCUT2D eigenvalue weighted by Gasteiger charge is -2.37. The highest BCUT2D eigenvalue weighted by Gasteiger charge is 2.39. The van der Waals surface area contributed by atoms with E-state index in [9.17, 15) is 4.79 Å². The van der Waals surface area contributed by atoms with E-state index in [1.54, 1.807) is 0 Å². The van der Waals surface area contributed by atoms with E-state index < -0.39 is 0 Å². The van der Waals surface area contributed by atoms with Crippen molar-refractivity contribution < 1.29 is 9.53 Å². The van der Waals surface area contributed by atoms with Gasteiger partial charge in [-0.1, -0.05) is 78.9 Å². The van der Waals surface area contributed by atoms with Crippen LogP contribution in [0.3, 0.4) is 0 Å². The molecule has 3 N–H and O–H groups in total. The lowest BCUT2D eigenvalue weighted by atomic mass is 9.98. The van der Waals surface area contributed by atoms with Gasteiger partial charge in [0.05, 0.1) is 49.1 Å². The third-order valence-corrected chi connectivity index (χ3v) is 10.9. The Hall–Kier alpha value is -5.09. The number of imidazole rings is 2. The van der Waals surface area contributed by atoms with Crippen molar-refractivity contribution in [3.63, 3.8) is 0 Å². The number of rotatable bonds is 8. The number of fused-ring (bicyclic) bond motifs is 1. The van der Waals surface area contributed by atoms with E-state index in [1.165, 1.54) is 22.8 Å². The predicted molar refractivity (Wildman–Crippen MR) is 200 cm³/mol. The zero-order chi connectivity index (χ0) is 34.1. The van der Waals surface area contributed by atoms with Gasteiger partial charge in [0.2, 0.25) is 5.91 Å². The Balaban J connectivity index is 0.907. The summed E-state index contributed by atoms with van der Waals surface area (Å²) in [5, 5.41) is 5.93. The average molecular weight is 678 g/mol. The molecule has 0 radical (unpaired) electrons. The number of hydrogen-bond donors (Lipinski definition) is 3. The number of H-pyrrole nitrogens is 2. The number of amides is 1. The third kappa shape index (κ3) is 6.37. The Morgan fingerprint density at radius 3 is 2.14 bits per heavy atom. The summed E-state index contributed by atoms with van der Waals surface area (Å²) in [6.45, 7) is 4.58. The molecule has 0 bridgehead atoms. The molecule has 0 saturated carbocycles. The molecule has 0 aliphatic carbocycles. The predicted octanol–water partition coefficient (Wildman–Crippen LogP) is 7.45. The minimum atomic E-state index is -0.321. The van der Waals surface area contributed by atoms with Crippen LogP contribution in [0, 0.1) is 0 Å². The molecule has 1 amide bonds. The van der Waals surface area contributed by atoms with Gasteiger partial charge in [-0.15, -0.1) is 0 Å². The van der Waals surface area contributed by atoms with Crippen LogP contribution >= 0.6 is 0 Å². The largest absolute Gasteiger partial charge is 0.379 e. The van der Waals surface area contributed by atoms with E-state index in [-0.39, 0.29) is 18.0 Å². The molecule has 3 saturated heterocycles. The van der Waals surface area contributed by atoms with E-state index in [1.807, 2.05) is 35.5 Å². The first-order valence-corrected chi connectivity index (χ1v) is 18.3. The molecule has 4 aromatic carbocycles. The molecule has 9 rings (SSSR count). The first kappa shape index (κ1) is 31.9. The lowest BCUT2D eigenvalue weighted by Crippen LogP contribution is -2.47. The van der Waals surface area contributed by atoms with Crippen LogP contribution in [0.1, 0.15) is 61.0 Å². The van der Waals surface area contributed by atoms with Gasteiger partial charge in [-0.2, -0.15) is 0 Å². The van der Waals surface area contributed by atoms with Crippen LogP contribution in [-0.2, 0) is 9.53 Å². The highest BCUT2D eigenvalue weighted by Crippen LogP contribution is 2.36. The highest BCUT2D eigenvalue weighted by molar-refractivity contribution is 5.90. The molecule has 5 heterocycles. The van der Waals surface area contributed by atoms with E-state index in [4.69, 9.17) is 9.72 Å². The summed E-state index contributed by atoms with van der Waals surface area (Å²) in [7, 11) is 0. The van der Waals surface area contributed by atoms with Crippen LogP contribution in [0.25, 0.3) is 44.4 Å². The van der Waals surface area contributed by atoms with Crippen molar-refractivity contribution in [2.45, 2.75) is 43.8 Å². The van der Waals surface area contributed by atoms with Crippen molar-refractivity contribution in [1.82, 2.24) is 35.1 Å². The number of aromatic nitrogens is 4. The lowest BCUT2D eigenvalue weighted by molar-refractivity contribution is -0.140. The SMILES string of the molecule is O=C([C@@H](c1ccccc1)N1CCOCC1)N1CCC[C@H]1c1ncc(-c2ccc(-c3ccc4cc(-c5cnc([C@@H]6CCCN6)[nH]5)ccc4c3)cc2)[nH]1. The van der Waals surface area contributed by atoms with Gasteiger partial charge < -0.3 is 24.9 Å². The Labute approximate surface area is 298 Å². The molecule has 9 heteroatoms. The normalized spacial score (nSPS) is 20.3. The van der Waals surface area contributed by atoms with Crippen LogP contribution < -0.4 is 5.32 Å². The second-order valence-corrected chi connectivity index (χ2v) is 14.0. The maximum atomic E-state index is 14.3. The Bertz CT molecular complexity index is 2130. The van der Waals surface area contributed by atoms with Crippen molar-refractivity contribution in [1.29, 1.82) is 0 Å². The van der Waals surface area contributed by atoms with Gasteiger partial charge in [0.25, 0.3) is 0 Å². The molecular weight excluding hydrogens is 635 g/mol. The van der Waals surface area contributed by atoms with Crippen molar-refractivity contribution in [3.8, 4) is 33.6 Å². The summed E-state index contributed by atoms with van der Waals surface area (Å²) in [5.74, 6) is 2.02. The highest BCUT2D eigenvalue weighted by atomic mass is 16.5. The van der Waals surface area contributed by atoms with Crippen molar-refractivity contribution >= 4 is 16.7 Å². The fourth-order valence-corrected chi connectivity index (χ4v) is 8.12. The minimum Gasteiger partial charge on any atom is -0.379 e. The van der Waals surface area contributed by atoms with Gasteiger partial charge in [0.1, 0.15) is 17.7 Å². The molecule has 3 atom stereocenters. The topological polar surface area (TPSA) is 102 Å². The standard InChI is InChI=1S/C42H43N7O2/c50-42(39(30-6-2-1-3-7-30)48-20-22-51-23-21-48)49-19-5-9-38(49)41-45-26-36(47-41)29-12-10-28(11-13-29)31-14-15-33-25-34(17-16-32(33)24-31)37-27-44-40(46-37)35-8-4-18-43-35/h1-3,6-7,10-17,24-27,35,38-39,43H,4-5,8-9,18-23H2,(H,44,46)(H,45,47)/t35-,38-,39+/m0/s1. The number of aromatic amines is 2. The number of nitrogens with zero attached hydrogens (tertiary/aromatic N) is 4. The van der Waals surface area contributed by atoms with Gasteiger partial charge in [-0.25, -0.2) is 9.97 Å². The zero-order valence-corrected chi connectivity index (χ0v) is 28.7. The Morgan fingerprint density at radius 2 is 1.37 bits per heavy atom. The number of nitrogens with one attached hydrogen (secondary N) is 3. The fraction of sp³-hybridized carbons (Fsp3) is 0.310. The second kappa shape index (κ2) is 13.9. The van der Waals surface area contributed by atoms with E-state index in [2.05, 4.69) is 98.0 Å². The first-order chi connectivity index (χ1) is 25.2. The summed E-state index contributed by atoms with van der Waals surface area (Å²) in [6, 6.07) is 32.0. The number of morpholine rings is 1. The molecule has 0 spiro atoms. The number of likely N-dealkylation sites (tertiary alicyclic amines) is 1. The van der Waals surface area contributed by atoms with Crippen LogP contribution in [-0.4, -0.2) is 75.0 Å². The van der Waals surface area contributed by atoms with Gasteiger partial charge in [-0.3, -0.25) is 9.69 Å². The molecule has 3 aliphatic rings. The van der Waals surface area contributed by atoms with Crippen LogP contribution in [0.4, 0.5) is 0 Å². The number of carbonyl (C=O) groups is 1. The smallest absolute Gasteiger partial charge is 0.245 e. The average Bonchev–Trinajstić information content (AvgIpc) is 4.03. The van der Waals surface area contributed by atoms with Crippen LogP contribution in [0.15, 0.2) is 103 Å². The molecule has 6 aromatic rings. The summed E-state index contributed by atoms with van der Waals surface area (Å²) >= 11 is 0. The molecule has 0 unspecified atom stereocenters. The molecular formula is C42H43N7O2. The van der Waals surface area contributed by atoms with E-state index in [0.29, 0.717) is 19.3 Å². The summed E-state index contributed by atoms with van der Waals surface area (Å²) in [5.41, 5.74) is 7.60. The van der Waals surface area contributed by atoms with Crippen molar-refractivity contribution in [3.05, 3.63) is 121 Å². The van der Waals surface area contributed by atoms with E-state index in [0.717, 1.165) is 90.7 Å². The molecule has 3 aliphatic heterocycles. The first-order valence-electron chi connectivity index (χ1n) is 18.3. The van der Waals surface area contributed by atoms with Crippen LogP contribution in [0.2, 0.25) is 0 Å². The number of benzene rings is 4. The Kier molecular flexibility index (Phi) is 8.69. The third-order valence-electron chi connectivity index (χ3n) is 10.9. The maximum Gasteiger partial charge on any atom is 0.245 e. The monoisotopic (exact) mass is 677 g/mol. The molecule has 3 fully saturated rings. The molecule has 258 valence electrons. The summed E-state index contributed by atoms with van der Waals surface area (Å²) < 4.78 is 5.62. The summed E-state index contributed by atoms with van der Waals surface area (Å²) in [4.78, 5) is 35.2. The van der Waals surface area contributed by atoms with Gasteiger partial charge in [0.15, 0.2) is 0 Å². The van der Waals surface area contributed by atoms with Gasteiger partial charge >= 0.3 is 0 Å². The van der Waals surface area contributed by atoms with Gasteiger partial charge in [0, 0.05) is 25.2 Å². The molecule has 9 nitrogen and oxygen atoms in total. The second-order valence-electron chi connectivity index (χ2n) is 14.0. The van der Waals surface area contributed by atoms with E-state index >= 15 is 0 Å². The summed E-state index contributed by atoms with van der Waals surface area (Å²) in [6.07, 6.45) is 8.04. The number of ether oxygens (including phenoxy) is 1. The molecule has 2 aromatic heterocycles. The molecule has 51 heavy (non-hydrogen) atoms.